The molecule has 26 heavy (non-hydrogen) atoms. The van der Waals surface area contributed by atoms with E-state index < -0.39 is 0 Å². The van der Waals surface area contributed by atoms with Gasteiger partial charge in [-0.3, -0.25) is 0 Å². The summed E-state index contributed by atoms with van der Waals surface area (Å²) in [6.45, 7) is 4.22. The van der Waals surface area contributed by atoms with Crippen LogP contribution in [0.5, 0.6) is 5.75 Å². The summed E-state index contributed by atoms with van der Waals surface area (Å²) in [5.74, 6) is 1.66. The molecule has 1 aromatic carbocycles. The zero-order chi connectivity index (χ0) is 18.7. The first kappa shape index (κ1) is 17.8. The van der Waals surface area contributed by atoms with Gasteiger partial charge >= 0.3 is 5.97 Å². The molecule has 6 nitrogen and oxygen atoms in total. The average molecular weight is 354 g/mol. The van der Waals surface area contributed by atoms with Crippen molar-refractivity contribution >= 4 is 22.8 Å². The van der Waals surface area contributed by atoms with Gasteiger partial charge < -0.3 is 18.8 Å². The molecular weight excluding hydrogens is 332 g/mol. The van der Waals surface area contributed by atoms with Gasteiger partial charge in [-0.05, 0) is 38.1 Å². The van der Waals surface area contributed by atoms with Gasteiger partial charge in [0, 0.05) is 31.2 Å². The number of hydrogen-bond acceptors (Lipinski definition) is 6. The molecule has 0 spiro atoms. The van der Waals surface area contributed by atoms with Crippen LogP contribution in [0.15, 0.2) is 40.9 Å². The fourth-order valence-electron chi connectivity index (χ4n) is 2.85. The second-order valence-electron chi connectivity index (χ2n) is 6.08. The van der Waals surface area contributed by atoms with E-state index in [1.807, 2.05) is 43.3 Å². The minimum Gasteiger partial charge on any atom is -0.489 e. The fourth-order valence-corrected chi connectivity index (χ4v) is 2.85. The van der Waals surface area contributed by atoms with Gasteiger partial charge in [-0.2, -0.15) is 0 Å². The number of esters is 1. The van der Waals surface area contributed by atoms with E-state index in [4.69, 9.17) is 13.9 Å². The first-order valence-corrected chi connectivity index (χ1v) is 8.45. The summed E-state index contributed by atoms with van der Waals surface area (Å²) < 4.78 is 16.7. The Morgan fingerprint density at radius 2 is 2.08 bits per heavy atom. The second kappa shape index (κ2) is 7.47. The summed E-state index contributed by atoms with van der Waals surface area (Å²) >= 11 is 0. The van der Waals surface area contributed by atoms with Gasteiger partial charge in [-0.15, -0.1) is 0 Å². The van der Waals surface area contributed by atoms with Gasteiger partial charge in [0.05, 0.1) is 6.61 Å². The zero-order valence-corrected chi connectivity index (χ0v) is 15.4. The standard InChI is InChI=1S/C20H22N2O4/c1-5-24-20(23)18-13(2)26-17-9-8-15(11-16(17)18)25-12-14-7-6-10-21-19(14)22(3)4/h6-11H,5,12H2,1-4H3. The van der Waals surface area contributed by atoms with E-state index in [-0.39, 0.29) is 5.97 Å². The molecule has 0 saturated heterocycles. The Morgan fingerprint density at radius 1 is 1.27 bits per heavy atom. The molecule has 0 radical (unpaired) electrons. The molecule has 136 valence electrons. The lowest BCUT2D eigenvalue weighted by molar-refractivity contribution is 0.0526. The predicted octanol–water partition coefficient (Wildman–Crippen LogP) is 3.96. The Bertz CT molecular complexity index is 931. The van der Waals surface area contributed by atoms with Crippen LogP contribution in [0.3, 0.4) is 0 Å². The third-order valence-corrected chi connectivity index (χ3v) is 4.00. The van der Waals surface area contributed by atoms with E-state index >= 15 is 0 Å². The molecule has 0 unspecified atom stereocenters. The van der Waals surface area contributed by atoms with Crippen molar-refractivity contribution in [3.05, 3.63) is 53.4 Å². The quantitative estimate of drug-likeness (QED) is 0.624. The fraction of sp³-hybridized carbons (Fsp3) is 0.300. The molecule has 2 aromatic heterocycles. The number of hydrogen-bond donors (Lipinski definition) is 0. The Kier molecular flexibility index (Phi) is 5.11. The highest BCUT2D eigenvalue weighted by atomic mass is 16.5. The molecule has 0 bridgehead atoms. The van der Waals surface area contributed by atoms with Crippen molar-refractivity contribution in [2.24, 2.45) is 0 Å². The van der Waals surface area contributed by atoms with Gasteiger partial charge in [-0.25, -0.2) is 9.78 Å². The number of rotatable bonds is 6. The van der Waals surface area contributed by atoms with E-state index in [2.05, 4.69) is 4.98 Å². The number of ether oxygens (including phenoxy) is 2. The molecule has 0 aliphatic carbocycles. The Balaban J connectivity index is 1.88. The Labute approximate surface area is 152 Å². The highest BCUT2D eigenvalue weighted by Gasteiger charge is 2.20. The second-order valence-corrected chi connectivity index (χ2v) is 6.08. The summed E-state index contributed by atoms with van der Waals surface area (Å²) in [5.41, 5.74) is 2.06. The number of anilines is 1. The molecule has 0 fully saturated rings. The topological polar surface area (TPSA) is 64.8 Å². The van der Waals surface area contributed by atoms with Gasteiger partial charge in [0.1, 0.15) is 35.1 Å². The summed E-state index contributed by atoms with van der Waals surface area (Å²) in [4.78, 5) is 18.5. The van der Waals surface area contributed by atoms with Crippen molar-refractivity contribution in [2.75, 3.05) is 25.6 Å². The molecule has 2 heterocycles. The van der Waals surface area contributed by atoms with Crippen LogP contribution in [0.4, 0.5) is 5.82 Å². The molecule has 0 aliphatic heterocycles. The SMILES string of the molecule is CCOC(=O)c1c(C)oc2ccc(OCc3cccnc3N(C)C)cc12. The normalized spacial score (nSPS) is 10.8. The van der Waals surface area contributed by atoms with Crippen LogP contribution in [-0.2, 0) is 11.3 Å². The number of furan rings is 1. The van der Waals surface area contributed by atoms with Crippen LogP contribution in [0.2, 0.25) is 0 Å². The van der Waals surface area contributed by atoms with Crippen molar-refractivity contribution in [1.29, 1.82) is 0 Å². The van der Waals surface area contributed by atoms with Crippen molar-refractivity contribution in [3.8, 4) is 5.75 Å². The monoisotopic (exact) mass is 354 g/mol. The van der Waals surface area contributed by atoms with Crippen LogP contribution in [0.25, 0.3) is 11.0 Å². The molecular formula is C20H22N2O4. The maximum Gasteiger partial charge on any atom is 0.342 e. The Morgan fingerprint density at radius 3 is 2.81 bits per heavy atom. The first-order chi connectivity index (χ1) is 12.5. The van der Waals surface area contributed by atoms with Gasteiger partial charge in [-0.1, -0.05) is 6.07 Å². The first-order valence-electron chi connectivity index (χ1n) is 8.45. The van der Waals surface area contributed by atoms with E-state index in [9.17, 15) is 4.79 Å². The third kappa shape index (κ3) is 3.49. The molecule has 6 heteroatoms. The maximum absolute atomic E-state index is 12.2. The van der Waals surface area contributed by atoms with Crippen LogP contribution in [0.1, 0.15) is 28.6 Å². The number of carbonyl (C=O) groups excluding carboxylic acids is 1. The number of benzene rings is 1. The van der Waals surface area contributed by atoms with E-state index in [0.717, 1.165) is 11.4 Å². The van der Waals surface area contributed by atoms with E-state index in [1.165, 1.54) is 0 Å². The van der Waals surface area contributed by atoms with Crippen LogP contribution in [-0.4, -0.2) is 31.7 Å². The van der Waals surface area contributed by atoms with Gasteiger partial charge in [0.25, 0.3) is 0 Å². The summed E-state index contributed by atoms with van der Waals surface area (Å²) in [6.07, 6.45) is 1.75. The van der Waals surface area contributed by atoms with Crippen LogP contribution >= 0.6 is 0 Å². The molecule has 0 amide bonds. The summed E-state index contributed by atoms with van der Waals surface area (Å²) in [6, 6.07) is 9.30. The summed E-state index contributed by atoms with van der Waals surface area (Å²) in [7, 11) is 3.88. The third-order valence-electron chi connectivity index (χ3n) is 4.00. The van der Waals surface area contributed by atoms with Crippen LogP contribution in [0, 0.1) is 6.92 Å². The molecule has 0 N–H and O–H groups in total. The number of pyridine rings is 1. The Hall–Kier alpha value is -3.02. The highest BCUT2D eigenvalue weighted by Crippen LogP contribution is 2.30. The van der Waals surface area contributed by atoms with Gasteiger partial charge in [0.15, 0.2) is 0 Å². The lowest BCUT2D eigenvalue weighted by Gasteiger charge is -2.16. The van der Waals surface area contributed by atoms with Crippen molar-refractivity contribution in [2.45, 2.75) is 20.5 Å². The molecule has 3 aromatic rings. The smallest absolute Gasteiger partial charge is 0.342 e. The number of aromatic nitrogens is 1. The lowest BCUT2D eigenvalue weighted by atomic mass is 10.1. The molecule has 0 aliphatic rings. The lowest BCUT2D eigenvalue weighted by Crippen LogP contribution is -2.14. The van der Waals surface area contributed by atoms with Gasteiger partial charge in [0.2, 0.25) is 0 Å². The maximum atomic E-state index is 12.2. The number of aryl methyl sites for hydroxylation is 1. The van der Waals surface area contributed by atoms with Crippen molar-refractivity contribution in [1.82, 2.24) is 4.98 Å². The largest absolute Gasteiger partial charge is 0.489 e. The number of fused-ring (bicyclic) bond motifs is 1. The highest BCUT2D eigenvalue weighted by molar-refractivity contribution is 6.04. The number of nitrogens with zero attached hydrogens (tertiary/aromatic N) is 2. The minimum atomic E-state index is -0.386. The molecule has 0 saturated carbocycles. The van der Waals surface area contributed by atoms with Crippen molar-refractivity contribution in [3.63, 3.8) is 0 Å². The van der Waals surface area contributed by atoms with Crippen LogP contribution < -0.4 is 9.64 Å². The zero-order valence-electron chi connectivity index (χ0n) is 15.4. The molecule has 3 rings (SSSR count). The average Bonchev–Trinajstić information content (AvgIpc) is 2.95. The molecule has 0 atom stereocenters. The van der Waals surface area contributed by atoms with E-state index in [0.29, 0.717) is 41.3 Å². The predicted molar refractivity (Wildman–Crippen MR) is 99.8 cm³/mol. The minimum absolute atomic E-state index is 0.315. The number of carbonyl (C=O) groups is 1. The van der Waals surface area contributed by atoms with Crippen molar-refractivity contribution < 1.29 is 18.7 Å². The summed E-state index contributed by atoms with van der Waals surface area (Å²) in [5, 5.41) is 0.692. The van der Waals surface area contributed by atoms with E-state index in [1.54, 1.807) is 26.1 Å².